The van der Waals surface area contributed by atoms with Crippen LogP contribution >= 0.6 is 0 Å². The number of hydrogen-bond acceptors (Lipinski definition) is 1. The van der Waals surface area contributed by atoms with Gasteiger partial charge in [-0.1, -0.05) is 38.2 Å². The van der Waals surface area contributed by atoms with E-state index in [1.165, 1.54) is 24.8 Å². The SMILES string of the molecule is BC(C)CCC(C)(C(=C)C)N(C)CCC. The van der Waals surface area contributed by atoms with Crippen molar-refractivity contribution in [3.05, 3.63) is 12.2 Å². The fourth-order valence-corrected chi connectivity index (χ4v) is 1.88. The second-order valence-corrected chi connectivity index (χ2v) is 5.41. The van der Waals surface area contributed by atoms with Gasteiger partial charge >= 0.3 is 0 Å². The van der Waals surface area contributed by atoms with Gasteiger partial charge in [-0.3, -0.25) is 4.90 Å². The Morgan fingerprint density at radius 3 is 2.40 bits per heavy atom. The van der Waals surface area contributed by atoms with Crippen molar-refractivity contribution in [1.29, 1.82) is 0 Å². The van der Waals surface area contributed by atoms with Gasteiger partial charge in [0.25, 0.3) is 0 Å². The van der Waals surface area contributed by atoms with Gasteiger partial charge in [0.1, 0.15) is 7.85 Å². The average Bonchev–Trinajstić information content (AvgIpc) is 2.14. The third kappa shape index (κ3) is 4.42. The van der Waals surface area contributed by atoms with Gasteiger partial charge < -0.3 is 0 Å². The molecule has 2 unspecified atom stereocenters. The van der Waals surface area contributed by atoms with E-state index in [1.54, 1.807) is 0 Å². The molecule has 0 saturated carbocycles. The van der Waals surface area contributed by atoms with Crippen LogP contribution in [0.25, 0.3) is 0 Å². The Morgan fingerprint density at radius 2 is 2.07 bits per heavy atom. The van der Waals surface area contributed by atoms with Gasteiger partial charge in [-0.25, -0.2) is 0 Å². The van der Waals surface area contributed by atoms with E-state index >= 15 is 0 Å². The number of nitrogens with zero attached hydrogens (tertiary/aromatic N) is 1. The molecule has 0 aliphatic rings. The van der Waals surface area contributed by atoms with Gasteiger partial charge in [-0.05, 0) is 40.3 Å². The predicted octanol–water partition coefficient (Wildman–Crippen LogP) is 2.88. The van der Waals surface area contributed by atoms with E-state index in [9.17, 15) is 0 Å². The molecule has 88 valence electrons. The number of hydrogen-bond donors (Lipinski definition) is 0. The molecule has 0 aromatic heterocycles. The molecule has 0 fully saturated rings. The van der Waals surface area contributed by atoms with Crippen LogP contribution in [-0.4, -0.2) is 31.9 Å². The summed E-state index contributed by atoms with van der Waals surface area (Å²) in [7, 11) is 4.51. The monoisotopic (exact) mass is 209 g/mol. The molecule has 0 rings (SSSR count). The third-order valence-corrected chi connectivity index (χ3v) is 3.53. The molecule has 0 aromatic carbocycles. The van der Waals surface area contributed by atoms with Crippen molar-refractivity contribution in [2.45, 2.75) is 58.3 Å². The standard InChI is InChI=1S/C13H28BN/c1-7-10-15(6)13(5,11(2)3)9-8-12(4)14/h12H,2,7-10,14H2,1,3-6H3. The summed E-state index contributed by atoms with van der Waals surface area (Å²) in [6, 6.07) is 0. The third-order valence-electron chi connectivity index (χ3n) is 3.53. The molecule has 1 nitrogen and oxygen atoms in total. The topological polar surface area (TPSA) is 3.24 Å². The minimum Gasteiger partial charge on any atom is -0.297 e. The first-order valence-corrected chi connectivity index (χ1v) is 6.21. The van der Waals surface area contributed by atoms with Crippen LogP contribution in [0.2, 0.25) is 5.82 Å². The van der Waals surface area contributed by atoms with Crippen LogP contribution in [-0.2, 0) is 0 Å². The maximum atomic E-state index is 4.17. The molecular formula is C13H28BN. The van der Waals surface area contributed by atoms with Crippen molar-refractivity contribution in [3.63, 3.8) is 0 Å². The van der Waals surface area contributed by atoms with E-state index < -0.39 is 0 Å². The van der Waals surface area contributed by atoms with Crippen molar-refractivity contribution in [1.82, 2.24) is 4.90 Å². The van der Waals surface area contributed by atoms with Crippen LogP contribution in [0.5, 0.6) is 0 Å². The molecule has 0 N–H and O–H groups in total. The van der Waals surface area contributed by atoms with Gasteiger partial charge in [-0.15, -0.1) is 0 Å². The van der Waals surface area contributed by atoms with Crippen LogP contribution in [0.1, 0.15) is 47.0 Å². The van der Waals surface area contributed by atoms with Gasteiger partial charge in [0, 0.05) is 5.54 Å². The quantitative estimate of drug-likeness (QED) is 0.460. The highest BCUT2D eigenvalue weighted by Crippen LogP contribution is 2.29. The highest BCUT2D eigenvalue weighted by Gasteiger charge is 2.29. The summed E-state index contributed by atoms with van der Waals surface area (Å²) < 4.78 is 0. The summed E-state index contributed by atoms with van der Waals surface area (Å²) in [5.74, 6) is 0.777. The summed E-state index contributed by atoms with van der Waals surface area (Å²) >= 11 is 0. The maximum absolute atomic E-state index is 4.17. The highest BCUT2D eigenvalue weighted by molar-refractivity contribution is 6.11. The van der Waals surface area contributed by atoms with E-state index in [-0.39, 0.29) is 5.54 Å². The van der Waals surface area contributed by atoms with Gasteiger partial charge in [-0.2, -0.15) is 0 Å². The zero-order chi connectivity index (χ0) is 12.1. The molecule has 0 saturated heterocycles. The molecule has 0 aromatic rings. The molecule has 2 atom stereocenters. The molecule has 0 bridgehead atoms. The van der Waals surface area contributed by atoms with Crippen LogP contribution in [0, 0.1) is 0 Å². The molecule has 15 heavy (non-hydrogen) atoms. The molecule has 0 aliphatic carbocycles. The largest absolute Gasteiger partial charge is 0.297 e. The van der Waals surface area contributed by atoms with Crippen molar-refractivity contribution >= 4 is 7.85 Å². The van der Waals surface area contributed by atoms with Crippen molar-refractivity contribution in [2.75, 3.05) is 13.6 Å². The molecule has 0 amide bonds. The van der Waals surface area contributed by atoms with Crippen LogP contribution < -0.4 is 0 Å². The van der Waals surface area contributed by atoms with Gasteiger partial charge in [0.2, 0.25) is 0 Å². The van der Waals surface area contributed by atoms with Gasteiger partial charge in [0.05, 0.1) is 0 Å². The summed E-state index contributed by atoms with van der Waals surface area (Å²) in [5.41, 5.74) is 1.47. The molecule has 0 spiro atoms. The minimum atomic E-state index is 0.181. The lowest BCUT2D eigenvalue weighted by molar-refractivity contribution is 0.160. The highest BCUT2D eigenvalue weighted by atomic mass is 15.2. The Kier molecular flexibility index (Phi) is 6.27. The summed E-state index contributed by atoms with van der Waals surface area (Å²) in [6.07, 6.45) is 3.70. The zero-order valence-corrected chi connectivity index (χ0v) is 11.6. The summed E-state index contributed by atoms with van der Waals surface area (Å²) in [4.78, 5) is 2.46. The van der Waals surface area contributed by atoms with Crippen LogP contribution in [0.3, 0.4) is 0 Å². The molecule has 0 aliphatic heterocycles. The Morgan fingerprint density at radius 1 is 1.53 bits per heavy atom. The van der Waals surface area contributed by atoms with Crippen LogP contribution in [0.4, 0.5) is 0 Å². The van der Waals surface area contributed by atoms with Crippen LogP contribution in [0.15, 0.2) is 12.2 Å². The van der Waals surface area contributed by atoms with Gasteiger partial charge in [0.15, 0.2) is 0 Å². The van der Waals surface area contributed by atoms with E-state index in [0.29, 0.717) is 0 Å². The molecule has 2 heteroatoms. The lowest BCUT2D eigenvalue weighted by atomic mass is 9.78. The summed E-state index contributed by atoms with van der Waals surface area (Å²) in [5, 5.41) is 0. The fraction of sp³-hybridized carbons (Fsp3) is 0.846. The fourth-order valence-electron chi connectivity index (χ4n) is 1.88. The average molecular weight is 209 g/mol. The summed E-state index contributed by atoms with van der Waals surface area (Å²) in [6.45, 7) is 14.3. The van der Waals surface area contributed by atoms with Crippen molar-refractivity contribution < 1.29 is 0 Å². The smallest absolute Gasteiger partial charge is 0.105 e. The lowest BCUT2D eigenvalue weighted by Gasteiger charge is -2.40. The van der Waals surface area contributed by atoms with E-state index in [4.69, 9.17) is 0 Å². The predicted molar refractivity (Wildman–Crippen MR) is 73.3 cm³/mol. The van der Waals surface area contributed by atoms with E-state index in [1.807, 2.05) is 0 Å². The van der Waals surface area contributed by atoms with Crippen molar-refractivity contribution in [3.8, 4) is 0 Å². The Hall–Kier alpha value is -0.235. The number of likely N-dealkylation sites (N-methyl/N-ethyl adjacent to an activating group) is 1. The van der Waals surface area contributed by atoms with E-state index in [0.717, 1.165) is 12.4 Å². The minimum absolute atomic E-state index is 0.181. The molecule has 0 radical (unpaired) electrons. The first-order valence-electron chi connectivity index (χ1n) is 6.21. The second kappa shape index (κ2) is 6.37. The Balaban J connectivity index is 4.51. The Labute approximate surface area is 97.3 Å². The maximum Gasteiger partial charge on any atom is 0.105 e. The molecular weight excluding hydrogens is 181 g/mol. The normalized spacial score (nSPS) is 17.5. The van der Waals surface area contributed by atoms with E-state index in [2.05, 4.69) is 54.1 Å². The second-order valence-electron chi connectivity index (χ2n) is 5.41. The first-order chi connectivity index (χ1) is 6.84. The number of rotatable bonds is 7. The van der Waals surface area contributed by atoms with Crippen molar-refractivity contribution in [2.24, 2.45) is 0 Å². The molecule has 0 heterocycles. The Bertz CT molecular complexity index is 201. The first kappa shape index (κ1) is 14.8. The zero-order valence-electron chi connectivity index (χ0n) is 11.6. The lowest BCUT2D eigenvalue weighted by Crippen LogP contribution is -2.45.